The highest BCUT2D eigenvalue weighted by molar-refractivity contribution is 5.83. The molecule has 2 atom stereocenters. The van der Waals surface area contributed by atoms with Gasteiger partial charge < -0.3 is 15.2 Å². The van der Waals surface area contributed by atoms with Gasteiger partial charge in [-0.3, -0.25) is 4.79 Å². The molecule has 0 bridgehead atoms. The van der Waals surface area contributed by atoms with Crippen LogP contribution in [0.25, 0.3) is 0 Å². The second-order valence-electron chi connectivity index (χ2n) is 6.48. The summed E-state index contributed by atoms with van der Waals surface area (Å²) in [6, 6.07) is 15.6. The van der Waals surface area contributed by atoms with Crippen LogP contribution in [0.4, 0.5) is 0 Å². The molecule has 0 saturated carbocycles. The zero-order valence-corrected chi connectivity index (χ0v) is 15.9. The molecule has 140 valence electrons. The van der Waals surface area contributed by atoms with Crippen LogP contribution in [0.5, 0.6) is 11.5 Å². The first-order valence-electron chi connectivity index (χ1n) is 9.19. The van der Waals surface area contributed by atoms with E-state index in [0.717, 1.165) is 36.8 Å². The zero-order chi connectivity index (χ0) is 18.9. The second-order valence-corrected chi connectivity index (χ2v) is 6.48. The van der Waals surface area contributed by atoms with Crippen molar-refractivity contribution in [1.82, 2.24) is 0 Å². The summed E-state index contributed by atoms with van der Waals surface area (Å²) in [4.78, 5) is 12.5. The van der Waals surface area contributed by atoms with Crippen LogP contribution in [-0.4, -0.2) is 20.1 Å². The SMILES string of the molecule is CCCCCC(c1cccc(OC)c1OC)C(C(N)=O)c1ccccc1. The standard InChI is InChI=1S/C22H29NO3/c1-4-5-7-13-17(18-14-10-15-19(25-2)21(18)26-3)20(22(23)24)16-11-8-6-9-12-16/h6,8-12,14-15,17,20H,4-5,7,13H2,1-3H3,(H2,23,24). The number of hydrogen-bond acceptors (Lipinski definition) is 3. The Morgan fingerprint density at radius 1 is 1.00 bits per heavy atom. The van der Waals surface area contributed by atoms with Crippen molar-refractivity contribution >= 4 is 5.91 Å². The summed E-state index contributed by atoms with van der Waals surface area (Å²) in [7, 11) is 3.25. The van der Waals surface area contributed by atoms with Crippen LogP contribution in [-0.2, 0) is 4.79 Å². The molecule has 4 heteroatoms. The zero-order valence-electron chi connectivity index (χ0n) is 15.9. The molecule has 26 heavy (non-hydrogen) atoms. The van der Waals surface area contributed by atoms with Crippen molar-refractivity contribution in [1.29, 1.82) is 0 Å². The summed E-state index contributed by atoms with van der Waals surface area (Å²) in [5.41, 5.74) is 7.77. The highest BCUT2D eigenvalue weighted by atomic mass is 16.5. The minimum Gasteiger partial charge on any atom is -0.493 e. The Labute approximate surface area is 156 Å². The molecule has 1 amide bonds. The summed E-state index contributed by atoms with van der Waals surface area (Å²) in [6.07, 6.45) is 4.12. The fourth-order valence-electron chi connectivity index (χ4n) is 3.58. The largest absolute Gasteiger partial charge is 0.493 e. The van der Waals surface area contributed by atoms with Gasteiger partial charge >= 0.3 is 0 Å². The molecule has 2 unspecified atom stereocenters. The average Bonchev–Trinajstić information content (AvgIpc) is 2.67. The average molecular weight is 355 g/mol. The monoisotopic (exact) mass is 355 g/mol. The first kappa shape index (κ1) is 19.8. The first-order valence-corrected chi connectivity index (χ1v) is 9.19. The van der Waals surface area contributed by atoms with Gasteiger partial charge in [0.05, 0.1) is 20.1 Å². The van der Waals surface area contributed by atoms with Crippen LogP contribution < -0.4 is 15.2 Å². The molecular weight excluding hydrogens is 326 g/mol. The van der Waals surface area contributed by atoms with E-state index in [1.54, 1.807) is 14.2 Å². The van der Waals surface area contributed by atoms with Crippen molar-refractivity contribution in [3.05, 3.63) is 59.7 Å². The van der Waals surface area contributed by atoms with Crippen molar-refractivity contribution in [3.63, 3.8) is 0 Å². The molecule has 2 aromatic carbocycles. The Morgan fingerprint density at radius 2 is 1.73 bits per heavy atom. The number of primary amides is 1. The van der Waals surface area contributed by atoms with Gasteiger partial charge in [-0.15, -0.1) is 0 Å². The number of carbonyl (C=O) groups is 1. The van der Waals surface area contributed by atoms with Crippen molar-refractivity contribution in [2.24, 2.45) is 5.73 Å². The fraction of sp³-hybridized carbons (Fsp3) is 0.409. The van der Waals surface area contributed by atoms with Crippen LogP contribution in [0, 0.1) is 0 Å². The molecule has 0 fully saturated rings. The molecular formula is C22H29NO3. The normalized spacial score (nSPS) is 13.0. The van der Waals surface area contributed by atoms with Gasteiger partial charge in [-0.05, 0) is 18.1 Å². The van der Waals surface area contributed by atoms with Gasteiger partial charge in [0.1, 0.15) is 0 Å². The Bertz CT molecular complexity index is 700. The number of unbranched alkanes of at least 4 members (excludes halogenated alkanes) is 2. The molecule has 0 aliphatic heterocycles. The molecule has 0 aromatic heterocycles. The van der Waals surface area contributed by atoms with Gasteiger partial charge in [-0.1, -0.05) is 68.7 Å². The summed E-state index contributed by atoms with van der Waals surface area (Å²) in [6.45, 7) is 2.17. The van der Waals surface area contributed by atoms with Gasteiger partial charge in [-0.2, -0.15) is 0 Å². The predicted octanol–water partition coefficient (Wildman–Crippen LogP) is 4.64. The van der Waals surface area contributed by atoms with E-state index in [9.17, 15) is 4.79 Å². The highest BCUT2D eigenvalue weighted by Gasteiger charge is 2.32. The molecule has 0 aliphatic carbocycles. The maximum Gasteiger partial charge on any atom is 0.225 e. The molecule has 2 aromatic rings. The van der Waals surface area contributed by atoms with Crippen LogP contribution >= 0.6 is 0 Å². The number of hydrogen-bond donors (Lipinski definition) is 1. The van der Waals surface area contributed by atoms with E-state index in [0.29, 0.717) is 11.5 Å². The third-order valence-electron chi connectivity index (χ3n) is 4.82. The molecule has 0 radical (unpaired) electrons. The third kappa shape index (κ3) is 4.57. The smallest absolute Gasteiger partial charge is 0.225 e. The first-order chi connectivity index (χ1) is 12.6. The molecule has 2 N–H and O–H groups in total. The van der Waals surface area contributed by atoms with Crippen LogP contribution in [0.3, 0.4) is 0 Å². The fourth-order valence-corrected chi connectivity index (χ4v) is 3.58. The minimum atomic E-state index is -0.408. The van der Waals surface area contributed by atoms with E-state index in [-0.39, 0.29) is 11.8 Å². The topological polar surface area (TPSA) is 61.6 Å². The Morgan fingerprint density at radius 3 is 2.31 bits per heavy atom. The van der Waals surface area contributed by atoms with E-state index < -0.39 is 5.92 Å². The summed E-state index contributed by atoms with van der Waals surface area (Å²) >= 11 is 0. The van der Waals surface area contributed by atoms with Crippen molar-refractivity contribution in [3.8, 4) is 11.5 Å². The van der Waals surface area contributed by atoms with Crippen LogP contribution in [0.1, 0.15) is 55.6 Å². The molecule has 0 spiro atoms. The molecule has 0 heterocycles. The quantitative estimate of drug-likeness (QED) is 0.632. The number of benzene rings is 2. The number of carbonyl (C=O) groups excluding carboxylic acids is 1. The summed E-state index contributed by atoms with van der Waals surface area (Å²) < 4.78 is 11.1. The summed E-state index contributed by atoms with van der Waals surface area (Å²) in [5.74, 6) is 0.559. The second kappa shape index (κ2) is 9.85. The number of amides is 1. The van der Waals surface area contributed by atoms with E-state index >= 15 is 0 Å². The lowest BCUT2D eigenvalue weighted by molar-refractivity contribution is -0.120. The lowest BCUT2D eigenvalue weighted by Gasteiger charge is -2.28. The van der Waals surface area contributed by atoms with E-state index in [4.69, 9.17) is 15.2 Å². The maximum atomic E-state index is 12.5. The molecule has 2 rings (SSSR count). The molecule has 0 aliphatic rings. The highest BCUT2D eigenvalue weighted by Crippen LogP contribution is 2.44. The van der Waals surface area contributed by atoms with Crippen molar-refractivity contribution in [2.45, 2.75) is 44.4 Å². The lowest BCUT2D eigenvalue weighted by atomic mass is 9.77. The van der Waals surface area contributed by atoms with Crippen LogP contribution in [0.2, 0.25) is 0 Å². The molecule has 4 nitrogen and oxygen atoms in total. The Kier molecular flexibility index (Phi) is 7.52. The number of ether oxygens (including phenoxy) is 2. The maximum absolute atomic E-state index is 12.5. The number of para-hydroxylation sites is 1. The predicted molar refractivity (Wildman–Crippen MR) is 105 cm³/mol. The van der Waals surface area contributed by atoms with Crippen LogP contribution in [0.15, 0.2) is 48.5 Å². The van der Waals surface area contributed by atoms with E-state index in [1.165, 1.54) is 0 Å². The minimum absolute atomic E-state index is 0.0634. The van der Waals surface area contributed by atoms with Gasteiger partial charge in [-0.25, -0.2) is 0 Å². The van der Waals surface area contributed by atoms with Crippen molar-refractivity contribution < 1.29 is 14.3 Å². The number of nitrogens with two attached hydrogens (primary N) is 1. The molecule has 0 saturated heterocycles. The van der Waals surface area contributed by atoms with Gasteiger partial charge in [0, 0.05) is 11.5 Å². The number of methoxy groups -OCH3 is 2. The lowest BCUT2D eigenvalue weighted by Crippen LogP contribution is -2.27. The summed E-state index contributed by atoms with van der Waals surface area (Å²) in [5, 5.41) is 0. The third-order valence-corrected chi connectivity index (χ3v) is 4.82. The van der Waals surface area contributed by atoms with E-state index in [1.807, 2.05) is 48.5 Å². The van der Waals surface area contributed by atoms with Gasteiger partial charge in [0.15, 0.2) is 11.5 Å². The van der Waals surface area contributed by atoms with E-state index in [2.05, 4.69) is 6.92 Å². The van der Waals surface area contributed by atoms with Crippen molar-refractivity contribution in [2.75, 3.05) is 14.2 Å². The Balaban J connectivity index is 2.53. The number of rotatable bonds is 10. The van der Waals surface area contributed by atoms with Gasteiger partial charge in [0.2, 0.25) is 5.91 Å². The Hall–Kier alpha value is -2.49. The van der Waals surface area contributed by atoms with Gasteiger partial charge in [0.25, 0.3) is 0 Å².